The molecule has 1 saturated heterocycles. The molecule has 0 aromatic carbocycles. The molecule has 0 saturated carbocycles. The van der Waals surface area contributed by atoms with E-state index in [1.54, 1.807) is 30.8 Å². The van der Waals surface area contributed by atoms with Crippen LogP contribution >= 0.6 is 0 Å². The Morgan fingerprint density at radius 1 is 1.26 bits per heavy atom. The predicted molar refractivity (Wildman–Crippen MR) is 102 cm³/mol. The topological polar surface area (TPSA) is 81.2 Å². The molecule has 0 atom stereocenters. The summed E-state index contributed by atoms with van der Waals surface area (Å²) in [6.45, 7) is 11.7. The van der Waals surface area contributed by atoms with E-state index in [2.05, 4.69) is 10.1 Å². The zero-order valence-electron chi connectivity index (χ0n) is 16.8. The Labute approximate surface area is 159 Å². The molecule has 0 N–H and O–H groups in total. The number of hydrogen-bond acceptors (Lipinski definition) is 5. The van der Waals surface area contributed by atoms with Crippen molar-refractivity contribution < 1.29 is 9.32 Å². The SMILES string of the molecule is Cc1noc(C)c1C(=O)N1CCC(Cn2cnc(C(C)(C)C)cc2=O)CC1. The highest BCUT2D eigenvalue weighted by molar-refractivity contribution is 5.96. The molecule has 7 heteroatoms. The number of carbonyl (C=O) groups excluding carboxylic acids is 1. The highest BCUT2D eigenvalue weighted by atomic mass is 16.5. The van der Waals surface area contributed by atoms with Gasteiger partial charge in [0.15, 0.2) is 0 Å². The molecule has 0 spiro atoms. The quantitative estimate of drug-likeness (QED) is 0.827. The van der Waals surface area contributed by atoms with Crippen molar-refractivity contribution in [3.63, 3.8) is 0 Å². The smallest absolute Gasteiger partial charge is 0.259 e. The van der Waals surface area contributed by atoms with E-state index in [0.717, 1.165) is 18.5 Å². The van der Waals surface area contributed by atoms with Crippen LogP contribution in [0, 0.1) is 19.8 Å². The van der Waals surface area contributed by atoms with Gasteiger partial charge in [0.1, 0.15) is 11.3 Å². The fraction of sp³-hybridized carbons (Fsp3) is 0.600. The standard InChI is InChI=1S/C20H28N4O3/c1-13-18(14(2)27-22-13)19(26)23-8-6-15(7-9-23)11-24-12-21-16(10-17(24)25)20(3,4)5/h10,12,15H,6-9,11H2,1-5H3. The van der Waals surface area contributed by atoms with Crippen molar-refractivity contribution in [2.75, 3.05) is 13.1 Å². The number of carbonyl (C=O) groups is 1. The molecule has 1 aliphatic heterocycles. The van der Waals surface area contributed by atoms with E-state index in [-0.39, 0.29) is 16.9 Å². The molecule has 27 heavy (non-hydrogen) atoms. The van der Waals surface area contributed by atoms with Gasteiger partial charge in [-0.05, 0) is 32.6 Å². The van der Waals surface area contributed by atoms with E-state index in [1.165, 1.54) is 0 Å². The van der Waals surface area contributed by atoms with Gasteiger partial charge in [0, 0.05) is 31.1 Å². The summed E-state index contributed by atoms with van der Waals surface area (Å²) < 4.78 is 6.80. The van der Waals surface area contributed by atoms with Crippen LogP contribution in [0.4, 0.5) is 0 Å². The van der Waals surface area contributed by atoms with Crippen molar-refractivity contribution in [2.24, 2.45) is 5.92 Å². The Bertz CT molecular complexity index is 864. The summed E-state index contributed by atoms with van der Waals surface area (Å²) in [6.07, 6.45) is 3.38. The van der Waals surface area contributed by atoms with Gasteiger partial charge in [0.05, 0.1) is 17.7 Å². The maximum absolute atomic E-state index is 12.7. The third kappa shape index (κ3) is 4.12. The maximum Gasteiger partial charge on any atom is 0.259 e. The van der Waals surface area contributed by atoms with Gasteiger partial charge in [-0.25, -0.2) is 4.98 Å². The molecule has 0 unspecified atom stereocenters. The summed E-state index contributed by atoms with van der Waals surface area (Å²) in [5.74, 6) is 0.910. The van der Waals surface area contributed by atoms with Gasteiger partial charge in [-0.3, -0.25) is 14.2 Å². The second-order valence-corrected chi connectivity index (χ2v) is 8.45. The van der Waals surface area contributed by atoms with Gasteiger partial charge < -0.3 is 9.42 Å². The number of amides is 1. The lowest BCUT2D eigenvalue weighted by molar-refractivity contribution is 0.0680. The number of likely N-dealkylation sites (tertiary alicyclic amines) is 1. The minimum Gasteiger partial charge on any atom is -0.361 e. The Morgan fingerprint density at radius 3 is 2.44 bits per heavy atom. The van der Waals surface area contributed by atoms with Crippen molar-refractivity contribution in [1.29, 1.82) is 0 Å². The molecular weight excluding hydrogens is 344 g/mol. The fourth-order valence-electron chi connectivity index (χ4n) is 3.52. The summed E-state index contributed by atoms with van der Waals surface area (Å²) in [4.78, 5) is 31.4. The highest BCUT2D eigenvalue weighted by Crippen LogP contribution is 2.23. The molecule has 0 radical (unpaired) electrons. The van der Waals surface area contributed by atoms with Gasteiger partial charge in [0.25, 0.3) is 11.5 Å². The van der Waals surface area contributed by atoms with Crippen LogP contribution in [-0.4, -0.2) is 38.6 Å². The minimum atomic E-state index is -0.137. The van der Waals surface area contributed by atoms with Gasteiger partial charge >= 0.3 is 0 Å². The Balaban J connectivity index is 1.62. The maximum atomic E-state index is 12.7. The third-order valence-electron chi connectivity index (χ3n) is 5.25. The predicted octanol–water partition coefficient (Wildman–Crippen LogP) is 2.70. The summed E-state index contributed by atoms with van der Waals surface area (Å²) in [5.41, 5.74) is 1.87. The van der Waals surface area contributed by atoms with Crippen molar-refractivity contribution in [1.82, 2.24) is 19.6 Å². The molecule has 2 aromatic heterocycles. The molecule has 1 aliphatic rings. The van der Waals surface area contributed by atoms with Crippen LogP contribution in [0.25, 0.3) is 0 Å². The zero-order chi connectivity index (χ0) is 19.8. The lowest BCUT2D eigenvalue weighted by atomic mass is 9.92. The molecule has 1 amide bonds. The lowest BCUT2D eigenvalue weighted by Gasteiger charge is -2.32. The monoisotopic (exact) mass is 372 g/mol. The zero-order valence-corrected chi connectivity index (χ0v) is 16.8. The molecule has 146 valence electrons. The van der Waals surface area contributed by atoms with Gasteiger partial charge in [0.2, 0.25) is 0 Å². The summed E-state index contributed by atoms with van der Waals surface area (Å²) in [7, 11) is 0. The van der Waals surface area contributed by atoms with Crippen LogP contribution < -0.4 is 5.56 Å². The van der Waals surface area contributed by atoms with Crippen molar-refractivity contribution in [2.45, 2.75) is 59.4 Å². The van der Waals surface area contributed by atoms with Gasteiger partial charge in [-0.15, -0.1) is 0 Å². The normalized spacial score (nSPS) is 16.0. The largest absolute Gasteiger partial charge is 0.361 e. The number of aryl methyl sites for hydroxylation is 2. The lowest BCUT2D eigenvalue weighted by Crippen LogP contribution is -2.40. The fourth-order valence-corrected chi connectivity index (χ4v) is 3.52. The van der Waals surface area contributed by atoms with E-state index in [9.17, 15) is 9.59 Å². The van der Waals surface area contributed by atoms with Crippen molar-refractivity contribution >= 4 is 5.91 Å². The first kappa shape index (κ1) is 19.3. The second kappa shape index (κ2) is 7.29. The van der Waals surface area contributed by atoms with Crippen LogP contribution in [0.3, 0.4) is 0 Å². The summed E-state index contributed by atoms with van der Waals surface area (Å²) >= 11 is 0. The average molecular weight is 372 g/mol. The number of aromatic nitrogens is 3. The number of piperidine rings is 1. The van der Waals surface area contributed by atoms with Crippen molar-refractivity contribution in [3.8, 4) is 0 Å². The number of nitrogens with zero attached hydrogens (tertiary/aromatic N) is 4. The Kier molecular flexibility index (Phi) is 5.22. The Morgan fingerprint density at radius 2 is 1.93 bits per heavy atom. The van der Waals surface area contributed by atoms with Crippen LogP contribution in [0.2, 0.25) is 0 Å². The molecule has 0 aliphatic carbocycles. The average Bonchev–Trinajstić information content (AvgIpc) is 2.94. The van der Waals surface area contributed by atoms with E-state index >= 15 is 0 Å². The highest BCUT2D eigenvalue weighted by Gasteiger charge is 2.28. The molecule has 7 nitrogen and oxygen atoms in total. The van der Waals surface area contributed by atoms with Gasteiger partial charge in [-0.2, -0.15) is 0 Å². The Hall–Kier alpha value is -2.44. The number of rotatable bonds is 3. The molecular formula is C20H28N4O3. The molecule has 0 bridgehead atoms. The summed E-state index contributed by atoms with van der Waals surface area (Å²) in [5, 5.41) is 3.87. The van der Waals surface area contributed by atoms with Crippen LogP contribution in [0.15, 0.2) is 21.7 Å². The molecule has 3 heterocycles. The van der Waals surface area contributed by atoms with Crippen LogP contribution in [0.5, 0.6) is 0 Å². The summed E-state index contributed by atoms with van der Waals surface area (Å²) in [6, 6.07) is 1.64. The van der Waals surface area contributed by atoms with Crippen LogP contribution in [0.1, 0.15) is 61.1 Å². The first-order valence-electron chi connectivity index (χ1n) is 9.46. The van der Waals surface area contributed by atoms with Crippen molar-refractivity contribution in [3.05, 3.63) is 45.5 Å². The van der Waals surface area contributed by atoms with Crippen LogP contribution in [-0.2, 0) is 12.0 Å². The van der Waals surface area contributed by atoms with Gasteiger partial charge in [-0.1, -0.05) is 25.9 Å². The minimum absolute atomic E-state index is 0.0100. The second-order valence-electron chi connectivity index (χ2n) is 8.45. The number of hydrogen-bond donors (Lipinski definition) is 0. The third-order valence-corrected chi connectivity index (χ3v) is 5.25. The first-order valence-corrected chi connectivity index (χ1v) is 9.46. The molecule has 3 rings (SSSR count). The van der Waals surface area contributed by atoms with E-state index in [1.807, 2.05) is 25.7 Å². The first-order chi connectivity index (χ1) is 12.7. The van der Waals surface area contributed by atoms with E-state index < -0.39 is 0 Å². The van der Waals surface area contributed by atoms with E-state index in [0.29, 0.717) is 42.6 Å². The molecule has 1 fully saturated rings. The van der Waals surface area contributed by atoms with E-state index in [4.69, 9.17) is 4.52 Å². The molecule has 2 aromatic rings.